The predicted octanol–water partition coefficient (Wildman–Crippen LogP) is 3.25. The van der Waals surface area contributed by atoms with Gasteiger partial charge in [-0.15, -0.1) is 0 Å². The monoisotopic (exact) mass is 368 g/mol. The van der Waals surface area contributed by atoms with Gasteiger partial charge in [0, 0.05) is 24.8 Å². The number of nitrogens with zero attached hydrogens (tertiary/aromatic N) is 1. The Morgan fingerprint density at radius 1 is 1.08 bits per heavy atom. The first-order valence-electron chi connectivity index (χ1n) is 7.47. The molecule has 5 nitrogen and oxygen atoms in total. The van der Waals surface area contributed by atoms with E-state index < -0.39 is 27.6 Å². The first-order valence-corrected chi connectivity index (χ1v) is 8.91. The lowest BCUT2D eigenvalue weighted by Gasteiger charge is -2.21. The molecule has 0 radical (unpaired) electrons. The molecule has 0 aliphatic heterocycles. The Bertz CT molecular complexity index is 881. The zero-order valence-electron chi connectivity index (χ0n) is 14.0. The molecular weight excluding hydrogens is 350 g/mol. The largest absolute Gasteiger partial charge is 0.322 e. The number of hydrogen-bond donors (Lipinski definition) is 1. The SMILES string of the molecule is CC(C)N(C)S(=O)(=O)c1ccc(NC(=O)c2ccc(F)cc2F)cc1. The van der Waals surface area contributed by atoms with Gasteiger partial charge in [-0.25, -0.2) is 17.2 Å². The summed E-state index contributed by atoms with van der Waals surface area (Å²) in [6.07, 6.45) is 0. The van der Waals surface area contributed by atoms with Gasteiger partial charge in [0.15, 0.2) is 0 Å². The van der Waals surface area contributed by atoms with Crippen molar-refractivity contribution in [3.8, 4) is 0 Å². The molecule has 0 spiro atoms. The third kappa shape index (κ3) is 4.21. The number of anilines is 1. The molecule has 1 amide bonds. The summed E-state index contributed by atoms with van der Waals surface area (Å²) >= 11 is 0. The van der Waals surface area contributed by atoms with Crippen molar-refractivity contribution >= 4 is 21.6 Å². The zero-order valence-corrected chi connectivity index (χ0v) is 14.8. The molecule has 25 heavy (non-hydrogen) atoms. The quantitative estimate of drug-likeness (QED) is 0.881. The summed E-state index contributed by atoms with van der Waals surface area (Å²) in [6, 6.07) is 7.94. The molecule has 0 saturated carbocycles. The summed E-state index contributed by atoms with van der Waals surface area (Å²) in [4.78, 5) is 12.1. The average Bonchev–Trinajstić information content (AvgIpc) is 2.54. The van der Waals surface area contributed by atoms with Crippen LogP contribution in [0.1, 0.15) is 24.2 Å². The van der Waals surface area contributed by atoms with E-state index in [0.29, 0.717) is 11.8 Å². The number of halogens is 2. The normalized spacial score (nSPS) is 11.8. The zero-order chi connectivity index (χ0) is 18.8. The van der Waals surface area contributed by atoms with Crippen molar-refractivity contribution in [3.63, 3.8) is 0 Å². The molecule has 2 aromatic carbocycles. The lowest BCUT2D eigenvalue weighted by molar-refractivity contribution is 0.102. The van der Waals surface area contributed by atoms with Crippen LogP contribution in [0.2, 0.25) is 0 Å². The molecule has 0 atom stereocenters. The Morgan fingerprint density at radius 3 is 2.20 bits per heavy atom. The van der Waals surface area contributed by atoms with E-state index in [4.69, 9.17) is 0 Å². The average molecular weight is 368 g/mol. The number of hydrogen-bond acceptors (Lipinski definition) is 3. The molecule has 0 aromatic heterocycles. The molecule has 0 unspecified atom stereocenters. The number of carbonyl (C=O) groups is 1. The van der Waals surface area contributed by atoms with E-state index in [0.717, 1.165) is 12.1 Å². The van der Waals surface area contributed by atoms with Crippen molar-refractivity contribution < 1.29 is 22.0 Å². The number of carbonyl (C=O) groups excluding carboxylic acids is 1. The highest BCUT2D eigenvalue weighted by Crippen LogP contribution is 2.20. The Kier molecular flexibility index (Phi) is 5.54. The van der Waals surface area contributed by atoms with Crippen LogP contribution in [0.15, 0.2) is 47.4 Å². The van der Waals surface area contributed by atoms with Crippen molar-refractivity contribution in [3.05, 3.63) is 59.7 Å². The van der Waals surface area contributed by atoms with E-state index in [1.165, 1.54) is 35.6 Å². The predicted molar refractivity (Wildman–Crippen MR) is 90.8 cm³/mol. The molecule has 0 aliphatic carbocycles. The minimum atomic E-state index is -3.63. The van der Waals surface area contributed by atoms with Gasteiger partial charge in [-0.1, -0.05) is 0 Å². The van der Waals surface area contributed by atoms with Crippen LogP contribution in [-0.2, 0) is 10.0 Å². The second kappa shape index (κ2) is 7.28. The van der Waals surface area contributed by atoms with Crippen molar-refractivity contribution in [2.24, 2.45) is 0 Å². The fourth-order valence-electron chi connectivity index (χ4n) is 2.03. The molecule has 8 heteroatoms. The Morgan fingerprint density at radius 2 is 1.68 bits per heavy atom. The first-order chi connectivity index (χ1) is 11.6. The van der Waals surface area contributed by atoms with E-state index in [2.05, 4.69) is 5.32 Å². The summed E-state index contributed by atoms with van der Waals surface area (Å²) < 4.78 is 52.4. The second-order valence-corrected chi connectivity index (χ2v) is 7.72. The van der Waals surface area contributed by atoms with E-state index in [1.807, 2.05) is 0 Å². The van der Waals surface area contributed by atoms with Crippen LogP contribution in [0.25, 0.3) is 0 Å². The fourth-order valence-corrected chi connectivity index (χ4v) is 3.39. The highest BCUT2D eigenvalue weighted by atomic mass is 32.2. The van der Waals surface area contributed by atoms with Gasteiger partial charge in [0.25, 0.3) is 5.91 Å². The molecule has 1 N–H and O–H groups in total. The highest BCUT2D eigenvalue weighted by molar-refractivity contribution is 7.89. The van der Waals surface area contributed by atoms with Crippen LogP contribution in [0.3, 0.4) is 0 Å². The van der Waals surface area contributed by atoms with E-state index >= 15 is 0 Å². The maximum absolute atomic E-state index is 13.6. The maximum atomic E-state index is 13.6. The third-order valence-electron chi connectivity index (χ3n) is 3.69. The van der Waals surface area contributed by atoms with Gasteiger partial charge in [-0.05, 0) is 50.2 Å². The Balaban J connectivity index is 2.19. The number of amides is 1. The molecule has 0 fully saturated rings. The summed E-state index contributed by atoms with van der Waals surface area (Å²) in [6.45, 7) is 3.51. The van der Waals surface area contributed by atoms with Gasteiger partial charge in [0.1, 0.15) is 11.6 Å². The molecular formula is C17H18F2N2O3S. The first kappa shape index (κ1) is 19.0. The maximum Gasteiger partial charge on any atom is 0.258 e. The molecule has 134 valence electrons. The van der Waals surface area contributed by atoms with Gasteiger partial charge in [-0.2, -0.15) is 4.31 Å². The van der Waals surface area contributed by atoms with Gasteiger partial charge in [-0.3, -0.25) is 4.79 Å². The number of sulfonamides is 1. The van der Waals surface area contributed by atoms with Crippen LogP contribution < -0.4 is 5.32 Å². The molecule has 2 rings (SSSR count). The van der Waals surface area contributed by atoms with Gasteiger partial charge < -0.3 is 5.32 Å². The molecule has 0 bridgehead atoms. The van der Waals surface area contributed by atoms with Gasteiger partial charge >= 0.3 is 0 Å². The smallest absolute Gasteiger partial charge is 0.258 e. The minimum absolute atomic E-state index is 0.0784. The molecule has 0 saturated heterocycles. The summed E-state index contributed by atoms with van der Waals surface area (Å²) in [7, 11) is -2.15. The second-order valence-electron chi connectivity index (χ2n) is 5.72. The Labute approximate surface area is 145 Å². The van der Waals surface area contributed by atoms with E-state index in [-0.39, 0.29) is 16.5 Å². The van der Waals surface area contributed by atoms with E-state index in [9.17, 15) is 22.0 Å². The van der Waals surface area contributed by atoms with Crippen LogP contribution in [0.5, 0.6) is 0 Å². The van der Waals surface area contributed by atoms with Crippen molar-refractivity contribution in [1.82, 2.24) is 4.31 Å². The molecule has 0 heterocycles. The number of rotatable bonds is 5. The van der Waals surface area contributed by atoms with Crippen LogP contribution in [0, 0.1) is 11.6 Å². The van der Waals surface area contributed by atoms with Crippen LogP contribution in [-0.4, -0.2) is 31.7 Å². The standard InChI is InChI=1S/C17H18F2N2O3S/c1-11(2)21(3)25(23,24)14-7-5-13(6-8-14)20-17(22)15-9-4-12(18)10-16(15)19/h4-11H,1-3H3,(H,20,22). The number of benzene rings is 2. The topological polar surface area (TPSA) is 66.5 Å². The lowest BCUT2D eigenvalue weighted by Crippen LogP contribution is -2.33. The van der Waals surface area contributed by atoms with Crippen molar-refractivity contribution in [1.29, 1.82) is 0 Å². The van der Waals surface area contributed by atoms with Crippen LogP contribution >= 0.6 is 0 Å². The summed E-state index contributed by atoms with van der Waals surface area (Å²) in [5, 5.41) is 2.44. The van der Waals surface area contributed by atoms with Crippen molar-refractivity contribution in [2.45, 2.75) is 24.8 Å². The summed E-state index contributed by atoms with van der Waals surface area (Å²) in [5.41, 5.74) is -0.0162. The number of nitrogens with one attached hydrogen (secondary N) is 1. The Hall–Kier alpha value is -2.32. The highest BCUT2D eigenvalue weighted by Gasteiger charge is 2.23. The van der Waals surface area contributed by atoms with Crippen molar-refractivity contribution in [2.75, 3.05) is 12.4 Å². The van der Waals surface area contributed by atoms with Gasteiger partial charge in [0.2, 0.25) is 10.0 Å². The van der Waals surface area contributed by atoms with E-state index in [1.54, 1.807) is 13.8 Å². The molecule has 0 aliphatic rings. The molecule has 2 aromatic rings. The lowest BCUT2D eigenvalue weighted by atomic mass is 10.2. The van der Waals surface area contributed by atoms with Gasteiger partial charge in [0.05, 0.1) is 10.5 Å². The third-order valence-corrected chi connectivity index (χ3v) is 5.74. The minimum Gasteiger partial charge on any atom is -0.322 e. The summed E-state index contributed by atoms with van der Waals surface area (Å²) in [5.74, 6) is -2.51. The van der Waals surface area contributed by atoms with Crippen LogP contribution in [0.4, 0.5) is 14.5 Å². The fraction of sp³-hybridized carbons (Fsp3) is 0.235.